The molecule has 1 radical (unpaired) electrons. The zero-order valence-corrected chi connectivity index (χ0v) is 11.2. The van der Waals surface area contributed by atoms with Crippen LogP contribution in [0.1, 0.15) is 6.92 Å². The van der Waals surface area contributed by atoms with Crippen molar-refractivity contribution in [3.8, 4) is 5.75 Å². The third-order valence-corrected chi connectivity index (χ3v) is 3.63. The molecule has 0 fully saturated rings. The fraction of sp³-hybridized carbons (Fsp3) is 0.273. The van der Waals surface area contributed by atoms with Gasteiger partial charge in [0.05, 0.1) is 23.5 Å². The van der Waals surface area contributed by atoms with Gasteiger partial charge < -0.3 is 9.97 Å². The van der Waals surface area contributed by atoms with E-state index >= 15 is 0 Å². The van der Waals surface area contributed by atoms with Crippen LogP contribution in [0.4, 0.5) is 0 Å². The zero-order chi connectivity index (χ0) is 13.7. The van der Waals surface area contributed by atoms with E-state index in [1.54, 1.807) is 19.6 Å². The molecule has 0 spiro atoms. The average Bonchev–Trinajstić information content (AvgIpc) is 2.89. The van der Waals surface area contributed by atoms with Gasteiger partial charge in [-0.1, -0.05) is 6.92 Å². The standard InChI is InChI=1S/C11H13BN3O3S/c1-2-12-18-9-3-5-10(6-4-9)19(16,17)15-11-7-13-8-14-11/h3-6,8H,2,7H2,1H3,(H,13,14,15). The minimum absolute atomic E-state index is 0.123. The smallest absolute Gasteiger partial charge is 0.369 e. The first-order valence-corrected chi connectivity index (χ1v) is 7.23. The summed E-state index contributed by atoms with van der Waals surface area (Å²) in [6.45, 7) is 2.21. The van der Waals surface area contributed by atoms with Crippen molar-refractivity contribution < 1.29 is 13.1 Å². The lowest BCUT2D eigenvalue weighted by molar-refractivity contribution is 0.590. The quantitative estimate of drug-likeness (QED) is 0.809. The largest absolute Gasteiger partial charge is 0.563 e. The summed E-state index contributed by atoms with van der Waals surface area (Å²) >= 11 is 0. The number of aliphatic imine (C=N–C) groups is 1. The Labute approximate surface area is 112 Å². The van der Waals surface area contributed by atoms with Crippen molar-refractivity contribution in [2.45, 2.75) is 18.1 Å². The number of benzene rings is 1. The van der Waals surface area contributed by atoms with Crippen molar-refractivity contribution >= 4 is 29.7 Å². The molecule has 1 aromatic rings. The van der Waals surface area contributed by atoms with Crippen molar-refractivity contribution in [1.29, 1.82) is 0 Å². The van der Waals surface area contributed by atoms with E-state index in [-0.39, 0.29) is 11.4 Å². The summed E-state index contributed by atoms with van der Waals surface area (Å²) in [5.74, 6) is 0.912. The highest BCUT2D eigenvalue weighted by molar-refractivity contribution is 7.90. The highest BCUT2D eigenvalue weighted by Gasteiger charge is 2.15. The van der Waals surface area contributed by atoms with E-state index in [1.807, 2.05) is 6.92 Å². The average molecular weight is 278 g/mol. The number of nitrogens with one attached hydrogen (secondary N) is 1. The third-order valence-electron chi connectivity index (χ3n) is 2.30. The Morgan fingerprint density at radius 2 is 2.16 bits per heavy atom. The van der Waals surface area contributed by atoms with Gasteiger partial charge in [0.1, 0.15) is 5.84 Å². The van der Waals surface area contributed by atoms with Crippen LogP contribution >= 0.6 is 0 Å². The van der Waals surface area contributed by atoms with Gasteiger partial charge in [0, 0.05) is 0 Å². The van der Waals surface area contributed by atoms with Crippen LogP contribution in [0.2, 0.25) is 6.32 Å². The lowest BCUT2D eigenvalue weighted by Gasteiger charge is -2.05. The van der Waals surface area contributed by atoms with E-state index < -0.39 is 10.0 Å². The van der Waals surface area contributed by atoms with Gasteiger partial charge in [0.15, 0.2) is 0 Å². The van der Waals surface area contributed by atoms with Gasteiger partial charge >= 0.3 is 7.48 Å². The number of hydrogen-bond acceptors (Lipinski definition) is 4. The van der Waals surface area contributed by atoms with Gasteiger partial charge in [-0.3, -0.25) is 4.99 Å². The van der Waals surface area contributed by atoms with Crippen LogP contribution in [-0.4, -0.2) is 34.6 Å². The summed E-state index contributed by atoms with van der Waals surface area (Å²) in [6, 6.07) is 6.12. The molecule has 1 N–H and O–H groups in total. The molecule has 1 aromatic carbocycles. The van der Waals surface area contributed by atoms with Gasteiger partial charge in [-0.15, -0.1) is 4.40 Å². The summed E-state index contributed by atoms with van der Waals surface area (Å²) in [5, 5.41) is 2.67. The third kappa shape index (κ3) is 3.57. The molecule has 8 heteroatoms. The molecule has 1 aliphatic heterocycles. The second-order valence-electron chi connectivity index (χ2n) is 3.79. The van der Waals surface area contributed by atoms with Crippen LogP contribution < -0.4 is 9.97 Å². The van der Waals surface area contributed by atoms with E-state index in [9.17, 15) is 8.42 Å². The van der Waals surface area contributed by atoms with Gasteiger partial charge in [0.2, 0.25) is 0 Å². The van der Waals surface area contributed by atoms with Crippen molar-refractivity contribution in [2.75, 3.05) is 6.54 Å². The molecular weight excluding hydrogens is 265 g/mol. The molecule has 0 saturated heterocycles. The molecule has 6 nitrogen and oxygen atoms in total. The Morgan fingerprint density at radius 1 is 1.42 bits per heavy atom. The van der Waals surface area contributed by atoms with Crippen LogP contribution in [0.3, 0.4) is 0 Å². The summed E-state index contributed by atoms with van der Waals surface area (Å²) in [6.07, 6.45) is 2.20. The Morgan fingerprint density at radius 3 is 2.74 bits per heavy atom. The molecule has 0 aromatic heterocycles. The first-order valence-electron chi connectivity index (χ1n) is 5.79. The van der Waals surface area contributed by atoms with Gasteiger partial charge in [-0.05, 0) is 30.6 Å². The number of hydrogen-bond donors (Lipinski definition) is 1. The molecule has 0 bridgehead atoms. The van der Waals surface area contributed by atoms with Crippen molar-refractivity contribution in [1.82, 2.24) is 5.32 Å². The Bertz CT molecular complexity index is 586. The van der Waals surface area contributed by atoms with Crippen molar-refractivity contribution in [3.05, 3.63) is 24.3 Å². The van der Waals surface area contributed by atoms with Gasteiger partial charge in [-0.25, -0.2) is 0 Å². The van der Waals surface area contributed by atoms with Crippen molar-refractivity contribution in [2.24, 2.45) is 9.39 Å². The molecule has 2 rings (SSSR count). The Balaban J connectivity index is 2.14. The van der Waals surface area contributed by atoms with Crippen molar-refractivity contribution in [3.63, 3.8) is 0 Å². The van der Waals surface area contributed by atoms with Crippen LogP contribution in [0.5, 0.6) is 5.75 Å². The van der Waals surface area contributed by atoms with E-state index in [0.717, 1.165) is 6.32 Å². The number of nitrogens with zero attached hydrogens (tertiary/aromatic N) is 2. The predicted molar refractivity (Wildman–Crippen MR) is 74.4 cm³/mol. The lowest BCUT2D eigenvalue weighted by Crippen LogP contribution is -2.19. The molecule has 0 atom stereocenters. The zero-order valence-electron chi connectivity index (χ0n) is 10.4. The molecule has 1 aliphatic rings. The first kappa shape index (κ1) is 13.6. The Hall–Kier alpha value is -1.83. The molecule has 1 heterocycles. The molecule has 0 saturated carbocycles. The molecule has 19 heavy (non-hydrogen) atoms. The van der Waals surface area contributed by atoms with E-state index in [0.29, 0.717) is 11.6 Å². The van der Waals surface area contributed by atoms with Crippen LogP contribution in [-0.2, 0) is 10.0 Å². The fourth-order valence-corrected chi connectivity index (χ4v) is 2.41. The molecule has 0 aliphatic carbocycles. The minimum Gasteiger partial charge on any atom is -0.563 e. The van der Waals surface area contributed by atoms with Gasteiger partial charge in [0.25, 0.3) is 10.0 Å². The van der Waals surface area contributed by atoms with Crippen LogP contribution in [0.15, 0.2) is 38.6 Å². The maximum atomic E-state index is 12.0. The summed E-state index contributed by atoms with van der Waals surface area (Å²) in [4.78, 5) is 3.96. The maximum Gasteiger partial charge on any atom is 0.369 e. The lowest BCUT2D eigenvalue weighted by atomic mass is 9.97. The van der Waals surface area contributed by atoms with E-state index in [2.05, 4.69) is 14.7 Å². The molecular formula is C11H13BN3O3S. The highest BCUT2D eigenvalue weighted by atomic mass is 32.2. The Kier molecular flexibility index (Phi) is 4.21. The minimum atomic E-state index is -3.70. The predicted octanol–water partition coefficient (Wildman–Crippen LogP) is 0.842. The summed E-state index contributed by atoms with van der Waals surface area (Å²) < 4.78 is 32.9. The van der Waals surface area contributed by atoms with E-state index in [1.165, 1.54) is 18.5 Å². The summed E-state index contributed by atoms with van der Waals surface area (Å²) in [7, 11) is -2.06. The number of sulfonamides is 1. The number of amidine groups is 1. The van der Waals surface area contributed by atoms with E-state index in [4.69, 9.17) is 4.65 Å². The monoisotopic (exact) mass is 278 g/mol. The molecule has 99 valence electrons. The SMILES string of the molecule is CC[B]Oc1ccc(S(=O)(=O)/N=C2\CN=CN2)cc1. The topological polar surface area (TPSA) is 80.1 Å². The second-order valence-corrected chi connectivity index (χ2v) is 5.40. The van der Waals surface area contributed by atoms with Crippen LogP contribution in [0, 0.1) is 0 Å². The normalized spacial score (nSPS) is 16.4. The molecule has 0 amide bonds. The van der Waals surface area contributed by atoms with Gasteiger partial charge in [-0.2, -0.15) is 8.42 Å². The fourth-order valence-electron chi connectivity index (χ4n) is 1.42. The molecule has 0 unspecified atom stereocenters. The second kappa shape index (κ2) is 5.88. The highest BCUT2D eigenvalue weighted by Crippen LogP contribution is 2.17. The first-order chi connectivity index (χ1) is 9.12. The number of rotatable bonds is 5. The van der Waals surface area contributed by atoms with Crippen LogP contribution in [0.25, 0.3) is 0 Å². The summed E-state index contributed by atoms with van der Waals surface area (Å²) in [5.41, 5.74) is 0. The maximum absolute atomic E-state index is 12.0.